The highest BCUT2D eigenvalue weighted by molar-refractivity contribution is 7.92. The number of rotatable bonds is 10. The Balaban J connectivity index is 1.55. The zero-order valence-electron chi connectivity index (χ0n) is 19.9. The monoisotopic (exact) mass is 534 g/mol. The lowest BCUT2D eigenvalue weighted by Gasteiger charge is -2.27. The Morgan fingerprint density at radius 1 is 1.28 bits per heavy atom. The molecule has 1 N–H and O–H groups in total. The fraction of sp³-hybridized carbons (Fsp3) is 0.360. The molecule has 0 spiro atoms. The van der Waals surface area contributed by atoms with E-state index in [1.165, 1.54) is 29.2 Å². The minimum Gasteiger partial charge on any atom is -0.464 e. The predicted molar refractivity (Wildman–Crippen MR) is 135 cm³/mol. The van der Waals surface area contributed by atoms with Crippen molar-refractivity contribution in [1.82, 2.24) is 4.57 Å². The second-order valence-electron chi connectivity index (χ2n) is 8.87. The van der Waals surface area contributed by atoms with E-state index in [0.29, 0.717) is 36.0 Å². The van der Waals surface area contributed by atoms with Crippen LogP contribution in [0, 0.1) is 12.8 Å². The Bertz CT molecular complexity index is 1380. The van der Waals surface area contributed by atoms with E-state index in [1.54, 1.807) is 13.1 Å². The van der Waals surface area contributed by atoms with Gasteiger partial charge in [0.15, 0.2) is 15.6 Å². The Morgan fingerprint density at radius 2 is 1.97 bits per heavy atom. The van der Waals surface area contributed by atoms with E-state index in [4.69, 9.17) is 21.1 Å². The van der Waals surface area contributed by atoms with E-state index < -0.39 is 34.2 Å². The number of aromatic nitrogens is 1. The van der Waals surface area contributed by atoms with Crippen molar-refractivity contribution in [2.75, 3.05) is 37.1 Å². The second kappa shape index (κ2) is 10.6. The van der Waals surface area contributed by atoms with Crippen molar-refractivity contribution >= 4 is 50.5 Å². The molecule has 0 unspecified atom stereocenters. The number of esters is 1. The van der Waals surface area contributed by atoms with Crippen LogP contribution in [0.5, 0.6) is 0 Å². The van der Waals surface area contributed by atoms with Gasteiger partial charge in [0.1, 0.15) is 5.82 Å². The molecule has 9 nitrogen and oxygen atoms in total. The molecule has 4 rings (SSSR count). The Morgan fingerprint density at radius 3 is 2.56 bits per heavy atom. The molecule has 1 atom stereocenters. The van der Waals surface area contributed by atoms with Crippen LogP contribution < -0.4 is 4.90 Å². The summed E-state index contributed by atoms with van der Waals surface area (Å²) in [6.45, 7) is 2.64. The van der Waals surface area contributed by atoms with Gasteiger partial charge in [-0.1, -0.05) is 23.7 Å². The second-order valence-corrected chi connectivity index (χ2v) is 11.3. The van der Waals surface area contributed by atoms with Crippen molar-refractivity contribution in [1.29, 1.82) is 0 Å². The summed E-state index contributed by atoms with van der Waals surface area (Å²) in [4.78, 5) is 25.5. The van der Waals surface area contributed by atoms with E-state index in [0.717, 1.165) is 16.5 Å². The first-order chi connectivity index (χ1) is 17.1. The average molecular weight is 535 g/mol. The van der Waals surface area contributed by atoms with Gasteiger partial charge in [-0.25, -0.2) is 8.42 Å². The van der Waals surface area contributed by atoms with Crippen molar-refractivity contribution in [2.45, 2.75) is 17.9 Å². The summed E-state index contributed by atoms with van der Waals surface area (Å²) in [7, 11) is -2.13. The minimum absolute atomic E-state index is 0.0589. The fourth-order valence-corrected chi connectivity index (χ4v) is 5.60. The number of carbonyl (C=O) groups is 2. The first-order valence-corrected chi connectivity index (χ1v) is 13.3. The molecule has 1 aromatic heterocycles. The Hall–Kier alpha value is -2.92. The van der Waals surface area contributed by atoms with E-state index in [2.05, 4.69) is 0 Å². The third kappa shape index (κ3) is 5.27. The average Bonchev–Trinajstić information content (AvgIpc) is 3.12. The molecule has 1 fully saturated rings. The zero-order chi connectivity index (χ0) is 26.0. The molecule has 1 aliphatic heterocycles. The quantitative estimate of drug-likeness (QED) is 0.314. The van der Waals surface area contributed by atoms with Gasteiger partial charge in [0.25, 0.3) is 0 Å². The topological polar surface area (TPSA) is 115 Å². The first kappa shape index (κ1) is 26.2. The molecule has 192 valence electrons. The van der Waals surface area contributed by atoms with Gasteiger partial charge < -0.3 is 19.1 Å². The number of aliphatic hydroxyl groups excluding tert-OH is 1. The number of ether oxygens (including phenoxy) is 2. The molecule has 0 aliphatic carbocycles. The molecular formula is C25H27ClN2O7S. The molecule has 1 saturated heterocycles. The van der Waals surface area contributed by atoms with Crippen molar-refractivity contribution < 1.29 is 32.6 Å². The van der Waals surface area contributed by atoms with E-state index in [9.17, 15) is 23.1 Å². The number of hydrogen-bond acceptors (Lipinski definition) is 7. The molecule has 2 aromatic carbocycles. The molecule has 1 aliphatic rings. The number of halogens is 1. The first-order valence-electron chi connectivity index (χ1n) is 11.3. The van der Waals surface area contributed by atoms with Gasteiger partial charge in [-0.15, -0.1) is 0 Å². The molecule has 36 heavy (non-hydrogen) atoms. The van der Waals surface area contributed by atoms with Crippen LogP contribution in [0.1, 0.15) is 17.2 Å². The number of aliphatic hydroxyl groups is 1. The van der Waals surface area contributed by atoms with E-state index >= 15 is 0 Å². The Kier molecular flexibility index (Phi) is 7.70. The van der Waals surface area contributed by atoms with Crippen LogP contribution in [0.25, 0.3) is 10.9 Å². The predicted octanol–water partition coefficient (Wildman–Crippen LogP) is 2.80. The highest BCUT2D eigenvalue weighted by Crippen LogP contribution is 2.35. The third-order valence-corrected chi connectivity index (χ3v) is 8.16. The SMILES string of the molecule is Cc1cc(Cl)c2cc(N(C=O)[C@H](CO)c3ccc(S(=O)(=O)CC(=O)OCC4COC4)cc3)n(C)c2c1. The lowest BCUT2D eigenvalue weighted by Crippen LogP contribution is -2.33. The number of sulfone groups is 1. The van der Waals surface area contributed by atoms with Crippen molar-refractivity contribution in [3.63, 3.8) is 0 Å². The van der Waals surface area contributed by atoms with Crippen LogP contribution in [0.2, 0.25) is 5.02 Å². The standard InChI is InChI=1S/C25H27ClN2O7S/c1-16-7-21(26)20-9-24(27(2)22(20)8-16)28(15-30)23(10-29)18-3-5-19(6-4-18)36(32,33)14-25(31)35-13-17-11-34-12-17/h3-9,15,17,23,29H,10-14H2,1-2H3/t23-/m1/s1. The fourth-order valence-electron chi connectivity index (χ4n) is 4.16. The Labute approximate surface area is 214 Å². The number of aryl methyl sites for hydroxylation is 2. The van der Waals surface area contributed by atoms with Gasteiger partial charge in [-0.2, -0.15) is 0 Å². The maximum absolute atomic E-state index is 12.7. The van der Waals surface area contributed by atoms with Crippen LogP contribution in [0.4, 0.5) is 5.82 Å². The van der Waals surface area contributed by atoms with Crippen LogP contribution in [-0.2, 0) is 35.9 Å². The third-order valence-electron chi connectivity index (χ3n) is 6.24. The summed E-state index contributed by atoms with van der Waals surface area (Å²) in [6.07, 6.45) is 0.615. The smallest absolute Gasteiger partial charge is 0.321 e. The summed E-state index contributed by atoms with van der Waals surface area (Å²) in [5, 5.41) is 11.5. The summed E-state index contributed by atoms with van der Waals surface area (Å²) in [5.41, 5.74) is 2.31. The molecule has 11 heteroatoms. The van der Waals surface area contributed by atoms with E-state index in [1.807, 2.05) is 23.6 Å². The molecule has 2 heterocycles. The largest absolute Gasteiger partial charge is 0.464 e. The molecular weight excluding hydrogens is 508 g/mol. The maximum Gasteiger partial charge on any atom is 0.321 e. The van der Waals surface area contributed by atoms with Crippen LogP contribution in [-0.4, -0.2) is 62.7 Å². The normalized spacial score (nSPS) is 14.9. The highest BCUT2D eigenvalue weighted by Gasteiger charge is 2.26. The molecule has 1 amide bonds. The molecule has 0 bridgehead atoms. The van der Waals surface area contributed by atoms with Crippen molar-refractivity contribution in [3.8, 4) is 0 Å². The number of anilines is 1. The number of benzene rings is 2. The van der Waals surface area contributed by atoms with Crippen molar-refractivity contribution in [3.05, 3.63) is 58.6 Å². The molecule has 3 aromatic rings. The van der Waals surface area contributed by atoms with Gasteiger partial charge >= 0.3 is 5.97 Å². The molecule has 0 saturated carbocycles. The molecule has 0 radical (unpaired) electrons. The van der Waals surface area contributed by atoms with Crippen LogP contribution >= 0.6 is 11.6 Å². The summed E-state index contributed by atoms with van der Waals surface area (Å²) >= 11 is 6.40. The van der Waals surface area contributed by atoms with Gasteiger partial charge in [-0.05, 0) is 48.4 Å². The van der Waals surface area contributed by atoms with Crippen molar-refractivity contribution in [2.24, 2.45) is 13.0 Å². The lowest BCUT2D eigenvalue weighted by molar-refractivity contribution is -0.147. The minimum atomic E-state index is -3.93. The number of carbonyl (C=O) groups excluding carboxylic acids is 2. The van der Waals surface area contributed by atoms with Gasteiger partial charge in [0.05, 0.1) is 47.9 Å². The van der Waals surface area contributed by atoms with Gasteiger partial charge in [0.2, 0.25) is 6.41 Å². The summed E-state index contributed by atoms with van der Waals surface area (Å²) in [6, 6.07) is 10.5. The van der Waals surface area contributed by atoms with Gasteiger partial charge in [0, 0.05) is 18.4 Å². The van der Waals surface area contributed by atoms with Gasteiger partial charge in [-0.3, -0.25) is 14.5 Å². The highest BCUT2D eigenvalue weighted by atomic mass is 35.5. The number of nitrogens with zero attached hydrogens (tertiary/aromatic N) is 2. The number of hydrogen-bond donors (Lipinski definition) is 1. The lowest BCUT2D eigenvalue weighted by atomic mass is 10.1. The summed E-state index contributed by atoms with van der Waals surface area (Å²) in [5.74, 6) is -0.979. The van der Waals surface area contributed by atoms with Crippen LogP contribution in [0.15, 0.2) is 47.4 Å². The van der Waals surface area contributed by atoms with Crippen LogP contribution in [0.3, 0.4) is 0 Å². The zero-order valence-corrected chi connectivity index (χ0v) is 21.5. The maximum atomic E-state index is 12.7. The van der Waals surface area contributed by atoms with E-state index in [-0.39, 0.29) is 17.4 Å². The summed E-state index contributed by atoms with van der Waals surface area (Å²) < 4.78 is 37.2. The number of fused-ring (bicyclic) bond motifs is 1. The number of amides is 1.